The smallest absolute Gasteiger partial charge is 0.257 e. The summed E-state index contributed by atoms with van der Waals surface area (Å²) in [6.45, 7) is 5.83. The van der Waals surface area contributed by atoms with Gasteiger partial charge < -0.3 is 9.84 Å². The molecule has 0 fully saturated rings. The van der Waals surface area contributed by atoms with Crippen LogP contribution in [0.1, 0.15) is 52.0 Å². The van der Waals surface area contributed by atoms with Gasteiger partial charge in [-0.25, -0.2) is 0 Å². The zero-order valence-corrected chi connectivity index (χ0v) is 18.9. The third-order valence-electron chi connectivity index (χ3n) is 5.94. The number of ether oxygens (including phenoxy) is 1. The van der Waals surface area contributed by atoms with Crippen LogP contribution in [0.3, 0.4) is 0 Å². The second-order valence-corrected chi connectivity index (χ2v) is 8.99. The van der Waals surface area contributed by atoms with Crippen LogP contribution in [0.15, 0.2) is 66.7 Å². The van der Waals surface area contributed by atoms with Gasteiger partial charge in [0.05, 0.1) is 5.60 Å². The van der Waals surface area contributed by atoms with Crippen LogP contribution in [0, 0.1) is 6.92 Å². The number of fused-ring (bicyclic) bond motifs is 1. The summed E-state index contributed by atoms with van der Waals surface area (Å²) < 4.78 is 6.16. The summed E-state index contributed by atoms with van der Waals surface area (Å²) in [5.74, 6) is -0.140. The number of methoxy groups -OCH3 is 1. The summed E-state index contributed by atoms with van der Waals surface area (Å²) in [4.78, 5) is 15.4. The third kappa shape index (κ3) is 3.65. The highest BCUT2D eigenvalue weighted by atomic mass is 35.5. The molecule has 0 bridgehead atoms. The number of hydrogen-bond donors (Lipinski definition) is 1. The molecule has 1 aliphatic rings. The summed E-state index contributed by atoms with van der Waals surface area (Å²) in [6, 6.07) is 21.0. The molecule has 0 saturated carbocycles. The highest BCUT2D eigenvalue weighted by Crippen LogP contribution is 2.46. The van der Waals surface area contributed by atoms with E-state index in [0.29, 0.717) is 22.7 Å². The normalized spacial score (nSPS) is 18.4. The van der Waals surface area contributed by atoms with Gasteiger partial charge in [0.15, 0.2) is 5.72 Å². The van der Waals surface area contributed by atoms with Crippen molar-refractivity contribution < 1.29 is 14.6 Å². The number of amides is 1. The third-order valence-corrected chi connectivity index (χ3v) is 6.19. The first kappa shape index (κ1) is 21.6. The highest BCUT2D eigenvalue weighted by Gasteiger charge is 2.51. The lowest BCUT2D eigenvalue weighted by Crippen LogP contribution is -2.45. The van der Waals surface area contributed by atoms with Gasteiger partial charge in [-0.2, -0.15) is 0 Å². The van der Waals surface area contributed by atoms with Crippen molar-refractivity contribution in [3.63, 3.8) is 0 Å². The van der Waals surface area contributed by atoms with Crippen molar-refractivity contribution in [2.24, 2.45) is 0 Å². The lowest BCUT2D eigenvalue weighted by Gasteiger charge is -2.38. The number of rotatable bonds is 5. The Morgan fingerprint density at radius 3 is 2.26 bits per heavy atom. The van der Waals surface area contributed by atoms with Crippen LogP contribution in [0.25, 0.3) is 0 Å². The summed E-state index contributed by atoms with van der Waals surface area (Å²) in [5.41, 5.74) is 2.78. The van der Waals surface area contributed by atoms with Gasteiger partial charge >= 0.3 is 0 Å². The Morgan fingerprint density at radius 2 is 1.68 bits per heavy atom. The first-order chi connectivity index (χ1) is 14.7. The average Bonchev–Trinajstić information content (AvgIpc) is 2.98. The van der Waals surface area contributed by atoms with E-state index in [1.165, 1.54) is 0 Å². The maximum atomic E-state index is 13.7. The molecule has 1 aliphatic heterocycles. The SMILES string of the molecule is CO[C@]1(c2ccc(Cl)cc2)c2ccc(C(C)(C)O)cc2C(=O)N1Cc1ccc(C)cc1. The van der Waals surface area contributed by atoms with Crippen molar-refractivity contribution in [1.29, 1.82) is 0 Å². The molecule has 0 spiro atoms. The summed E-state index contributed by atoms with van der Waals surface area (Å²) in [7, 11) is 1.61. The summed E-state index contributed by atoms with van der Waals surface area (Å²) in [5, 5.41) is 11.1. The topological polar surface area (TPSA) is 49.8 Å². The van der Waals surface area contributed by atoms with Gasteiger partial charge in [0.25, 0.3) is 5.91 Å². The van der Waals surface area contributed by atoms with Gasteiger partial charge in [-0.05, 0) is 50.1 Å². The number of halogens is 1. The monoisotopic (exact) mass is 435 g/mol. The van der Waals surface area contributed by atoms with Gasteiger partial charge in [0, 0.05) is 35.4 Å². The molecule has 31 heavy (non-hydrogen) atoms. The van der Waals surface area contributed by atoms with Gasteiger partial charge in [-0.3, -0.25) is 9.69 Å². The molecule has 4 nitrogen and oxygen atoms in total. The number of benzene rings is 3. The fraction of sp³-hybridized carbons (Fsp3) is 0.269. The Bertz CT molecular complexity index is 1120. The van der Waals surface area contributed by atoms with Gasteiger partial charge in [-0.1, -0.05) is 65.7 Å². The number of nitrogens with zero attached hydrogens (tertiary/aromatic N) is 1. The molecule has 5 heteroatoms. The largest absolute Gasteiger partial charge is 0.386 e. The van der Waals surface area contributed by atoms with E-state index < -0.39 is 11.3 Å². The van der Waals surface area contributed by atoms with Crippen molar-refractivity contribution in [3.05, 3.63) is 105 Å². The Labute approximate surface area is 188 Å². The molecule has 1 heterocycles. The van der Waals surface area contributed by atoms with Crippen molar-refractivity contribution >= 4 is 17.5 Å². The first-order valence-corrected chi connectivity index (χ1v) is 10.6. The van der Waals surface area contributed by atoms with Gasteiger partial charge in [0.2, 0.25) is 0 Å². The molecule has 3 aromatic rings. The molecule has 1 atom stereocenters. The van der Waals surface area contributed by atoms with Crippen molar-refractivity contribution in [2.45, 2.75) is 38.6 Å². The molecule has 4 rings (SSSR count). The van der Waals surface area contributed by atoms with E-state index in [2.05, 4.69) is 0 Å². The Morgan fingerprint density at radius 1 is 1.03 bits per heavy atom. The van der Waals surface area contributed by atoms with Crippen LogP contribution in [0.2, 0.25) is 5.02 Å². The van der Waals surface area contributed by atoms with Crippen molar-refractivity contribution in [1.82, 2.24) is 4.90 Å². The molecular formula is C26H26ClNO3. The number of aryl methyl sites for hydroxylation is 1. The molecule has 0 radical (unpaired) electrons. The fourth-order valence-corrected chi connectivity index (χ4v) is 4.34. The summed E-state index contributed by atoms with van der Waals surface area (Å²) in [6.07, 6.45) is 0. The van der Waals surface area contributed by atoms with Gasteiger partial charge in [0.1, 0.15) is 0 Å². The predicted octanol–water partition coefficient (Wildman–Crippen LogP) is 5.38. The first-order valence-electron chi connectivity index (χ1n) is 10.2. The molecule has 1 N–H and O–H groups in total. The van der Waals surface area contributed by atoms with E-state index >= 15 is 0 Å². The predicted molar refractivity (Wildman–Crippen MR) is 122 cm³/mol. The van der Waals surface area contributed by atoms with Crippen LogP contribution in [-0.4, -0.2) is 23.0 Å². The number of carbonyl (C=O) groups excluding carboxylic acids is 1. The zero-order valence-electron chi connectivity index (χ0n) is 18.1. The molecule has 3 aromatic carbocycles. The quantitative estimate of drug-likeness (QED) is 0.585. The van der Waals surface area contributed by atoms with Crippen LogP contribution in [0.5, 0.6) is 0 Å². The van der Waals surface area contributed by atoms with E-state index in [-0.39, 0.29) is 5.91 Å². The minimum absolute atomic E-state index is 0.140. The second kappa shape index (κ2) is 7.79. The molecule has 0 aromatic heterocycles. The minimum atomic E-state index is -1.10. The molecule has 1 amide bonds. The van der Waals surface area contributed by atoms with Crippen LogP contribution in [-0.2, 0) is 22.6 Å². The van der Waals surface area contributed by atoms with Crippen LogP contribution in [0.4, 0.5) is 0 Å². The highest BCUT2D eigenvalue weighted by molar-refractivity contribution is 6.30. The second-order valence-electron chi connectivity index (χ2n) is 8.55. The molecule has 0 aliphatic carbocycles. The fourth-order valence-electron chi connectivity index (χ4n) is 4.22. The zero-order chi connectivity index (χ0) is 22.4. The van der Waals surface area contributed by atoms with E-state index in [4.69, 9.17) is 16.3 Å². The van der Waals surface area contributed by atoms with Crippen molar-refractivity contribution in [2.75, 3.05) is 7.11 Å². The molecule has 0 unspecified atom stereocenters. The van der Waals surface area contributed by atoms with E-state index in [1.807, 2.05) is 55.5 Å². The van der Waals surface area contributed by atoms with Crippen LogP contribution < -0.4 is 0 Å². The average molecular weight is 436 g/mol. The van der Waals surface area contributed by atoms with E-state index in [9.17, 15) is 9.90 Å². The lowest BCUT2D eigenvalue weighted by atomic mass is 9.89. The number of carbonyl (C=O) groups is 1. The Balaban J connectivity index is 1.91. The number of hydrogen-bond acceptors (Lipinski definition) is 3. The summed E-state index contributed by atoms with van der Waals surface area (Å²) >= 11 is 6.14. The van der Waals surface area contributed by atoms with Gasteiger partial charge in [-0.15, -0.1) is 0 Å². The molecule has 0 saturated heterocycles. The van der Waals surface area contributed by atoms with Crippen molar-refractivity contribution in [3.8, 4) is 0 Å². The molecular weight excluding hydrogens is 410 g/mol. The minimum Gasteiger partial charge on any atom is -0.386 e. The van der Waals surface area contributed by atoms with E-state index in [1.54, 1.807) is 44.1 Å². The molecule has 160 valence electrons. The maximum absolute atomic E-state index is 13.7. The Hall–Kier alpha value is -2.66. The number of aliphatic hydroxyl groups is 1. The van der Waals surface area contributed by atoms with Crippen LogP contribution >= 0.6 is 11.6 Å². The maximum Gasteiger partial charge on any atom is 0.257 e. The Kier molecular flexibility index (Phi) is 5.42. The lowest BCUT2D eigenvalue weighted by molar-refractivity contribution is -0.0864. The van der Waals surface area contributed by atoms with E-state index in [0.717, 1.165) is 22.3 Å². The standard InChI is InChI=1S/C26H26ClNO3/c1-17-5-7-18(8-6-17)16-28-24(29)22-15-20(25(2,3)30)11-14-23(22)26(28,31-4)19-9-12-21(27)13-10-19/h5-15,30H,16H2,1-4H3/t26-/m1/s1.